The highest BCUT2D eigenvalue weighted by atomic mass is 16.3. The first-order valence-corrected chi connectivity index (χ1v) is 4.63. The number of aliphatic hydroxyl groups is 1. The maximum Gasteiger partial charge on any atom is 0.224 e. The van der Waals surface area contributed by atoms with E-state index < -0.39 is 0 Å². The number of nitriles is 1. The standard InChI is InChI=1S/C11H12N2O2/c12-8-10-3-1-9(2-4-10)7-11(15)13-5-6-14/h1-4,14H,5-7H2,(H,13,15). The number of nitrogens with one attached hydrogen (secondary N) is 1. The van der Waals surface area contributed by atoms with E-state index in [2.05, 4.69) is 5.32 Å². The number of carbonyl (C=O) groups excluding carboxylic acids is 1. The molecule has 0 bridgehead atoms. The number of hydrogen-bond donors (Lipinski definition) is 2. The van der Waals surface area contributed by atoms with E-state index >= 15 is 0 Å². The van der Waals surface area contributed by atoms with E-state index in [0.717, 1.165) is 5.56 Å². The van der Waals surface area contributed by atoms with Gasteiger partial charge in [-0.1, -0.05) is 12.1 Å². The van der Waals surface area contributed by atoms with Crippen LogP contribution in [0.15, 0.2) is 24.3 Å². The van der Waals surface area contributed by atoms with Crippen molar-refractivity contribution in [2.24, 2.45) is 0 Å². The third-order valence-electron chi connectivity index (χ3n) is 1.88. The smallest absolute Gasteiger partial charge is 0.224 e. The Morgan fingerprint density at radius 1 is 1.40 bits per heavy atom. The van der Waals surface area contributed by atoms with Crippen molar-refractivity contribution in [1.82, 2.24) is 5.32 Å². The molecule has 0 spiro atoms. The summed E-state index contributed by atoms with van der Waals surface area (Å²) in [5, 5.41) is 19.6. The molecular formula is C11H12N2O2. The summed E-state index contributed by atoms with van der Waals surface area (Å²) in [6, 6.07) is 8.85. The van der Waals surface area contributed by atoms with E-state index in [1.807, 2.05) is 6.07 Å². The lowest BCUT2D eigenvalue weighted by Crippen LogP contribution is -2.27. The van der Waals surface area contributed by atoms with Gasteiger partial charge in [-0.25, -0.2) is 0 Å². The zero-order chi connectivity index (χ0) is 11.1. The summed E-state index contributed by atoms with van der Waals surface area (Å²) in [6.45, 7) is 0.216. The van der Waals surface area contributed by atoms with Gasteiger partial charge in [-0.15, -0.1) is 0 Å². The molecule has 0 fully saturated rings. The molecule has 78 valence electrons. The van der Waals surface area contributed by atoms with Crippen LogP contribution in [0, 0.1) is 11.3 Å². The van der Waals surface area contributed by atoms with Crippen molar-refractivity contribution >= 4 is 5.91 Å². The molecule has 0 aromatic heterocycles. The van der Waals surface area contributed by atoms with E-state index in [-0.39, 0.29) is 25.5 Å². The van der Waals surface area contributed by atoms with E-state index in [4.69, 9.17) is 10.4 Å². The van der Waals surface area contributed by atoms with Crippen molar-refractivity contribution in [3.05, 3.63) is 35.4 Å². The first-order valence-electron chi connectivity index (χ1n) is 4.63. The van der Waals surface area contributed by atoms with Crippen molar-refractivity contribution in [1.29, 1.82) is 5.26 Å². The maximum absolute atomic E-state index is 11.2. The Hall–Kier alpha value is -1.86. The Balaban J connectivity index is 2.50. The van der Waals surface area contributed by atoms with Crippen LogP contribution < -0.4 is 5.32 Å². The molecule has 1 rings (SSSR count). The molecule has 15 heavy (non-hydrogen) atoms. The first kappa shape index (κ1) is 11.2. The van der Waals surface area contributed by atoms with Crippen LogP contribution in [-0.4, -0.2) is 24.2 Å². The number of aliphatic hydroxyl groups excluding tert-OH is 1. The van der Waals surface area contributed by atoms with Crippen molar-refractivity contribution in [3.63, 3.8) is 0 Å². The summed E-state index contributed by atoms with van der Waals surface area (Å²) < 4.78 is 0. The number of amides is 1. The number of benzene rings is 1. The molecule has 1 amide bonds. The monoisotopic (exact) mass is 204 g/mol. The second kappa shape index (κ2) is 5.78. The molecule has 0 heterocycles. The predicted octanol–water partition coefficient (Wildman–Crippen LogP) is 0.209. The molecule has 2 N–H and O–H groups in total. The highest BCUT2D eigenvalue weighted by Gasteiger charge is 2.01. The molecule has 1 aromatic carbocycles. The van der Waals surface area contributed by atoms with Gasteiger partial charge in [0.05, 0.1) is 24.7 Å². The average molecular weight is 204 g/mol. The lowest BCUT2D eigenvalue weighted by molar-refractivity contribution is -0.120. The average Bonchev–Trinajstić information content (AvgIpc) is 2.27. The van der Waals surface area contributed by atoms with Crippen LogP contribution in [0.25, 0.3) is 0 Å². The molecule has 0 aliphatic carbocycles. The van der Waals surface area contributed by atoms with Gasteiger partial charge < -0.3 is 10.4 Å². The van der Waals surface area contributed by atoms with Gasteiger partial charge in [0.2, 0.25) is 5.91 Å². The van der Waals surface area contributed by atoms with Gasteiger partial charge in [0.25, 0.3) is 0 Å². The molecule has 4 heteroatoms. The summed E-state index contributed by atoms with van der Waals surface area (Å²) in [5.41, 5.74) is 1.43. The van der Waals surface area contributed by atoms with Crippen LogP contribution in [0.2, 0.25) is 0 Å². The number of nitrogens with zero attached hydrogens (tertiary/aromatic N) is 1. The lowest BCUT2D eigenvalue weighted by atomic mass is 10.1. The zero-order valence-corrected chi connectivity index (χ0v) is 8.23. The minimum absolute atomic E-state index is 0.0564. The largest absolute Gasteiger partial charge is 0.395 e. The molecular weight excluding hydrogens is 192 g/mol. The van der Waals surface area contributed by atoms with Gasteiger partial charge in [-0.05, 0) is 17.7 Å². The molecule has 0 saturated carbocycles. The van der Waals surface area contributed by atoms with Crippen LogP contribution in [-0.2, 0) is 11.2 Å². The van der Waals surface area contributed by atoms with Crippen molar-refractivity contribution in [3.8, 4) is 6.07 Å². The normalized spacial score (nSPS) is 9.33. The van der Waals surface area contributed by atoms with Crippen molar-refractivity contribution in [2.75, 3.05) is 13.2 Å². The summed E-state index contributed by atoms with van der Waals surface area (Å²) in [4.78, 5) is 11.2. The molecule has 0 aliphatic heterocycles. The molecule has 0 aliphatic rings. The zero-order valence-electron chi connectivity index (χ0n) is 8.23. The Labute approximate surface area is 88.2 Å². The van der Waals surface area contributed by atoms with Crippen LogP contribution >= 0.6 is 0 Å². The number of hydrogen-bond acceptors (Lipinski definition) is 3. The summed E-state index contributed by atoms with van der Waals surface area (Å²) in [6.07, 6.45) is 0.270. The molecule has 0 saturated heterocycles. The van der Waals surface area contributed by atoms with Gasteiger partial charge in [-0.3, -0.25) is 4.79 Å². The van der Waals surface area contributed by atoms with Gasteiger partial charge in [0.15, 0.2) is 0 Å². The van der Waals surface area contributed by atoms with Crippen molar-refractivity contribution < 1.29 is 9.90 Å². The van der Waals surface area contributed by atoms with Crippen LogP contribution in [0.5, 0.6) is 0 Å². The third-order valence-corrected chi connectivity index (χ3v) is 1.88. The fraction of sp³-hybridized carbons (Fsp3) is 0.273. The SMILES string of the molecule is N#Cc1ccc(CC(=O)NCCO)cc1. The molecule has 4 nitrogen and oxygen atoms in total. The highest BCUT2D eigenvalue weighted by molar-refractivity contribution is 5.78. The Morgan fingerprint density at radius 2 is 2.07 bits per heavy atom. The molecule has 0 radical (unpaired) electrons. The van der Waals surface area contributed by atoms with E-state index in [1.54, 1.807) is 24.3 Å². The quantitative estimate of drug-likeness (QED) is 0.736. The topological polar surface area (TPSA) is 73.1 Å². The summed E-state index contributed by atoms with van der Waals surface area (Å²) in [5.74, 6) is -0.131. The predicted molar refractivity (Wildman–Crippen MR) is 55.0 cm³/mol. The molecule has 0 atom stereocenters. The molecule has 0 unspecified atom stereocenters. The van der Waals surface area contributed by atoms with E-state index in [1.165, 1.54) is 0 Å². The number of rotatable bonds is 4. The second-order valence-electron chi connectivity index (χ2n) is 3.06. The highest BCUT2D eigenvalue weighted by Crippen LogP contribution is 2.03. The Morgan fingerprint density at radius 3 is 2.60 bits per heavy atom. The Kier molecular flexibility index (Phi) is 4.32. The summed E-state index contributed by atoms with van der Waals surface area (Å²) in [7, 11) is 0. The van der Waals surface area contributed by atoms with Gasteiger partial charge in [0.1, 0.15) is 0 Å². The maximum atomic E-state index is 11.2. The summed E-state index contributed by atoms with van der Waals surface area (Å²) >= 11 is 0. The first-order chi connectivity index (χ1) is 7.26. The Bertz CT molecular complexity index is 365. The van der Waals surface area contributed by atoms with Crippen molar-refractivity contribution in [2.45, 2.75) is 6.42 Å². The van der Waals surface area contributed by atoms with Gasteiger partial charge >= 0.3 is 0 Å². The fourth-order valence-electron chi connectivity index (χ4n) is 1.14. The van der Waals surface area contributed by atoms with Crippen LogP contribution in [0.4, 0.5) is 0 Å². The van der Waals surface area contributed by atoms with Crippen LogP contribution in [0.1, 0.15) is 11.1 Å². The molecule has 1 aromatic rings. The van der Waals surface area contributed by atoms with Gasteiger partial charge in [0, 0.05) is 6.54 Å². The lowest BCUT2D eigenvalue weighted by Gasteiger charge is -2.02. The third kappa shape index (κ3) is 3.79. The minimum atomic E-state index is -0.131. The fourth-order valence-corrected chi connectivity index (χ4v) is 1.14. The van der Waals surface area contributed by atoms with Gasteiger partial charge in [-0.2, -0.15) is 5.26 Å². The van der Waals surface area contributed by atoms with Crippen LogP contribution in [0.3, 0.4) is 0 Å². The second-order valence-corrected chi connectivity index (χ2v) is 3.06. The minimum Gasteiger partial charge on any atom is -0.395 e. The van der Waals surface area contributed by atoms with E-state index in [0.29, 0.717) is 5.56 Å². The number of carbonyl (C=O) groups is 1. The van der Waals surface area contributed by atoms with E-state index in [9.17, 15) is 4.79 Å².